The second kappa shape index (κ2) is 11.3. The summed E-state index contributed by atoms with van der Waals surface area (Å²) >= 11 is 1.52. The number of rotatable bonds is 7. The molecule has 3 atom stereocenters. The molecular formula is C30H37FN4O3S. The lowest BCUT2D eigenvalue weighted by Gasteiger charge is -2.39. The molecule has 3 N–H and O–H groups in total. The van der Waals surface area contributed by atoms with E-state index in [1.165, 1.54) is 17.4 Å². The normalized spacial score (nSPS) is 25.0. The number of halogens is 1. The monoisotopic (exact) mass is 552 g/mol. The molecule has 3 aromatic rings. The van der Waals surface area contributed by atoms with Crippen LogP contribution in [0.1, 0.15) is 63.4 Å². The van der Waals surface area contributed by atoms with E-state index in [2.05, 4.69) is 10.6 Å². The third kappa shape index (κ3) is 5.71. The lowest BCUT2D eigenvalue weighted by atomic mass is 9.76. The summed E-state index contributed by atoms with van der Waals surface area (Å²) < 4.78 is 14.4. The van der Waals surface area contributed by atoms with Gasteiger partial charge in [0.05, 0.1) is 23.4 Å². The van der Waals surface area contributed by atoms with Gasteiger partial charge in [0, 0.05) is 22.9 Å². The first-order valence-corrected chi connectivity index (χ1v) is 14.7. The van der Waals surface area contributed by atoms with Crippen LogP contribution < -0.4 is 10.6 Å². The summed E-state index contributed by atoms with van der Waals surface area (Å²) in [6.45, 7) is 4.22. The van der Waals surface area contributed by atoms with Gasteiger partial charge in [0.15, 0.2) is 0 Å². The van der Waals surface area contributed by atoms with E-state index < -0.39 is 17.7 Å². The quantitative estimate of drug-likeness (QED) is 0.392. The van der Waals surface area contributed by atoms with Crippen LogP contribution in [0.15, 0.2) is 41.8 Å². The largest absolute Gasteiger partial charge is 0.390 e. The molecular weight excluding hydrogens is 515 g/mol. The molecule has 1 aromatic heterocycles. The summed E-state index contributed by atoms with van der Waals surface area (Å²) in [5.41, 5.74) is 0.906. The highest BCUT2D eigenvalue weighted by Crippen LogP contribution is 2.40. The maximum atomic E-state index is 14.4. The standard InChI is InChI=1S/C30H37FN4O3S/c1-18(32-3)27(36)34-26(19-12-14-30(2,38)15-13-19)29(37)35-16-6-9-25(35)28-33-24(17-39-28)22-10-11-23(31)21-8-5-4-7-20(21)22/h4-5,7-8,10-11,17-19,25-26,32,38H,6,9,12-16H2,1-3H3,(H,34,36)/t18-,19?,25-,26-,30?/m0/s1. The molecule has 7 nitrogen and oxygen atoms in total. The molecule has 2 aliphatic rings. The summed E-state index contributed by atoms with van der Waals surface area (Å²) in [6.07, 6.45) is 4.21. The fourth-order valence-electron chi connectivity index (χ4n) is 5.90. The van der Waals surface area contributed by atoms with Crippen LogP contribution in [0.5, 0.6) is 0 Å². The van der Waals surface area contributed by atoms with Crippen molar-refractivity contribution in [3.63, 3.8) is 0 Å². The van der Waals surface area contributed by atoms with Gasteiger partial charge in [-0.05, 0) is 82.9 Å². The maximum absolute atomic E-state index is 14.4. The highest BCUT2D eigenvalue weighted by Gasteiger charge is 2.42. The van der Waals surface area contributed by atoms with Gasteiger partial charge in [0.25, 0.3) is 0 Å². The van der Waals surface area contributed by atoms with Gasteiger partial charge in [-0.25, -0.2) is 9.37 Å². The predicted octanol–water partition coefficient (Wildman–Crippen LogP) is 4.80. The number of hydrogen-bond acceptors (Lipinski definition) is 6. The molecule has 0 bridgehead atoms. The van der Waals surface area contributed by atoms with E-state index >= 15 is 0 Å². The van der Waals surface area contributed by atoms with Crippen LogP contribution in [0.3, 0.4) is 0 Å². The van der Waals surface area contributed by atoms with Crippen molar-refractivity contribution in [1.29, 1.82) is 0 Å². The van der Waals surface area contributed by atoms with Crippen LogP contribution in [0.2, 0.25) is 0 Å². The number of likely N-dealkylation sites (N-methyl/N-ethyl adjacent to an activating group) is 1. The third-order valence-electron chi connectivity index (χ3n) is 8.46. The minimum Gasteiger partial charge on any atom is -0.390 e. The van der Waals surface area contributed by atoms with Crippen molar-refractivity contribution in [2.45, 2.75) is 76.1 Å². The predicted molar refractivity (Wildman–Crippen MR) is 152 cm³/mol. The van der Waals surface area contributed by atoms with Crippen LogP contribution in [-0.2, 0) is 9.59 Å². The molecule has 0 spiro atoms. The number of aromatic nitrogens is 1. The van der Waals surface area contributed by atoms with Crippen LogP contribution in [0.25, 0.3) is 22.0 Å². The Morgan fingerprint density at radius 2 is 1.87 bits per heavy atom. The minimum atomic E-state index is -0.732. The summed E-state index contributed by atoms with van der Waals surface area (Å²) in [4.78, 5) is 33.8. The molecule has 2 fully saturated rings. The fourth-order valence-corrected chi connectivity index (χ4v) is 6.87. The zero-order valence-corrected chi connectivity index (χ0v) is 23.6. The summed E-state index contributed by atoms with van der Waals surface area (Å²) in [6, 6.07) is 9.39. The Morgan fingerprint density at radius 3 is 2.59 bits per heavy atom. The van der Waals surface area contributed by atoms with Crippen LogP contribution in [-0.4, -0.2) is 58.1 Å². The number of hydrogen-bond donors (Lipinski definition) is 3. The molecule has 9 heteroatoms. The second-order valence-corrected chi connectivity index (χ2v) is 12.1. The van der Waals surface area contributed by atoms with Crippen molar-refractivity contribution in [2.75, 3.05) is 13.6 Å². The molecule has 2 heterocycles. The third-order valence-corrected chi connectivity index (χ3v) is 9.40. The van der Waals surface area contributed by atoms with Gasteiger partial charge in [-0.3, -0.25) is 9.59 Å². The van der Waals surface area contributed by atoms with Crippen LogP contribution in [0, 0.1) is 11.7 Å². The molecule has 39 heavy (non-hydrogen) atoms. The Bertz CT molecular complexity index is 1350. The maximum Gasteiger partial charge on any atom is 0.246 e. The smallest absolute Gasteiger partial charge is 0.246 e. The summed E-state index contributed by atoms with van der Waals surface area (Å²) in [7, 11) is 1.72. The van der Waals surface area contributed by atoms with Gasteiger partial charge in [-0.15, -0.1) is 11.3 Å². The molecule has 2 aromatic carbocycles. The molecule has 1 saturated heterocycles. The van der Waals surface area contributed by atoms with E-state index in [0.29, 0.717) is 37.6 Å². The second-order valence-electron chi connectivity index (χ2n) is 11.2. The number of fused-ring (bicyclic) bond motifs is 1. The first-order chi connectivity index (χ1) is 18.7. The van der Waals surface area contributed by atoms with Gasteiger partial charge in [0.1, 0.15) is 16.9 Å². The SMILES string of the molecule is CN[C@@H](C)C(=O)N[C@H](C(=O)N1CCC[C@H]1c1nc(-c2ccc(F)c3ccccc23)cs1)C1CCC(C)(O)CC1. The molecule has 0 radical (unpaired) electrons. The molecule has 1 aliphatic heterocycles. The summed E-state index contributed by atoms with van der Waals surface area (Å²) in [5.74, 6) is -0.583. The van der Waals surface area contributed by atoms with Crippen LogP contribution in [0.4, 0.5) is 4.39 Å². The van der Waals surface area contributed by atoms with Gasteiger partial charge in [0.2, 0.25) is 11.8 Å². The zero-order chi connectivity index (χ0) is 27.7. The van der Waals surface area contributed by atoms with Crippen molar-refractivity contribution in [3.05, 3.63) is 52.6 Å². The highest BCUT2D eigenvalue weighted by molar-refractivity contribution is 7.10. The van der Waals surface area contributed by atoms with Crippen molar-refractivity contribution in [1.82, 2.24) is 20.5 Å². The number of amides is 2. The Labute approximate surface area is 232 Å². The van der Waals surface area contributed by atoms with E-state index in [1.54, 1.807) is 26.1 Å². The van der Waals surface area contributed by atoms with Gasteiger partial charge >= 0.3 is 0 Å². The van der Waals surface area contributed by atoms with Crippen LogP contribution >= 0.6 is 11.3 Å². The molecule has 208 valence electrons. The van der Waals surface area contributed by atoms with E-state index in [4.69, 9.17) is 4.98 Å². The van der Waals surface area contributed by atoms with Crippen molar-refractivity contribution >= 4 is 33.9 Å². The number of nitrogens with one attached hydrogen (secondary N) is 2. The lowest BCUT2D eigenvalue weighted by molar-refractivity contribution is -0.140. The summed E-state index contributed by atoms with van der Waals surface area (Å²) in [5, 5.41) is 20.7. The molecule has 1 aliphatic carbocycles. The Hall–Kier alpha value is -2.88. The van der Waals surface area contributed by atoms with Gasteiger partial charge in [-0.1, -0.05) is 24.3 Å². The Balaban J connectivity index is 1.41. The number of carbonyl (C=O) groups excluding carboxylic acids is 2. The first-order valence-electron chi connectivity index (χ1n) is 13.8. The first kappa shape index (κ1) is 27.7. The zero-order valence-electron chi connectivity index (χ0n) is 22.7. The van der Waals surface area contributed by atoms with E-state index in [9.17, 15) is 19.1 Å². The average molecular weight is 553 g/mol. The fraction of sp³-hybridized carbons (Fsp3) is 0.500. The number of benzene rings is 2. The number of nitrogens with zero attached hydrogens (tertiary/aromatic N) is 2. The highest BCUT2D eigenvalue weighted by atomic mass is 32.1. The van der Waals surface area contributed by atoms with E-state index in [0.717, 1.165) is 34.5 Å². The lowest BCUT2D eigenvalue weighted by Crippen LogP contribution is -2.56. The molecule has 2 amide bonds. The molecule has 0 unspecified atom stereocenters. The van der Waals surface area contributed by atoms with Crippen molar-refractivity contribution in [3.8, 4) is 11.3 Å². The van der Waals surface area contributed by atoms with E-state index in [1.807, 2.05) is 35.4 Å². The Kier molecular flexibility index (Phi) is 8.03. The molecule has 1 saturated carbocycles. The number of carbonyl (C=O) groups is 2. The van der Waals surface area contributed by atoms with Gasteiger partial charge in [-0.2, -0.15) is 0 Å². The Morgan fingerprint density at radius 1 is 1.15 bits per heavy atom. The number of thiazole rings is 1. The van der Waals surface area contributed by atoms with Crippen molar-refractivity contribution in [2.24, 2.45) is 5.92 Å². The molecule has 5 rings (SSSR count). The van der Waals surface area contributed by atoms with Gasteiger partial charge < -0.3 is 20.6 Å². The van der Waals surface area contributed by atoms with Crippen molar-refractivity contribution < 1.29 is 19.1 Å². The minimum absolute atomic E-state index is 0.0376. The topological polar surface area (TPSA) is 94.6 Å². The number of aliphatic hydroxyl groups is 1. The average Bonchev–Trinajstić information content (AvgIpc) is 3.61. The number of likely N-dealkylation sites (tertiary alicyclic amines) is 1. The van der Waals surface area contributed by atoms with E-state index in [-0.39, 0.29) is 29.6 Å².